The minimum Gasteiger partial charge on any atom is -0.482 e. The standard InChI is InChI=1S/C12H18O4S/c1-4-9(2)15-7-8-16-11-6-5-10(17-11)12(13)14-3/h5-6,9H,4,7-8H2,1-3H3. The van der Waals surface area contributed by atoms with E-state index in [0.29, 0.717) is 23.2 Å². The summed E-state index contributed by atoms with van der Waals surface area (Å²) in [6.07, 6.45) is 1.25. The van der Waals surface area contributed by atoms with Crippen LogP contribution in [0.5, 0.6) is 5.06 Å². The smallest absolute Gasteiger partial charge is 0.348 e. The Morgan fingerprint density at radius 3 is 2.82 bits per heavy atom. The molecule has 5 heteroatoms. The van der Waals surface area contributed by atoms with Crippen LogP contribution in [0.2, 0.25) is 0 Å². The van der Waals surface area contributed by atoms with Crippen molar-refractivity contribution in [2.45, 2.75) is 26.4 Å². The average Bonchev–Trinajstić information content (AvgIpc) is 2.82. The molecule has 0 aliphatic heterocycles. The molecule has 1 aromatic rings. The highest BCUT2D eigenvalue weighted by molar-refractivity contribution is 7.15. The Labute approximate surface area is 105 Å². The Hall–Kier alpha value is -1.07. The van der Waals surface area contributed by atoms with Crippen LogP contribution in [-0.2, 0) is 9.47 Å². The van der Waals surface area contributed by atoms with E-state index < -0.39 is 0 Å². The van der Waals surface area contributed by atoms with E-state index in [1.54, 1.807) is 12.1 Å². The molecule has 0 radical (unpaired) electrons. The van der Waals surface area contributed by atoms with Gasteiger partial charge in [0.25, 0.3) is 0 Å². The lowest BCUT2D eigenvalue weighted by molar-refractivity contribution is 0.0434. The third-order valence-corrected chi connectivity index (χ3v) is 3.25. The Morgan fingerprint density at radius 1 is 1.41 bits per heavy atom. The van der Waals surface area contributed by atoms with Gasteiger partial charge in [0, 0.05) is 0 Å². The Morgan fingerprint density at radius 2 is 2.18 bits per heavy atom. The number of carbonyl (C=O) groups is 1. The summed E-state index contributed by atoms with van der Waals surface area (Å²) in [5.41, 5.74) is 0. The summed E-state index contributed by atoms with van der Waals surface area (Å²) >= 11 is 1.28. The molecule has 1 rings (SSSR count). The van der Waals surface area contributed by atoms with E-state index in [4.69, 9.17) is 9.47 Å². The topological polar surface area (TPSA) is 44.8 Å². The second-order valence-corrected chi connectivity index (χ2v) is 4.59. The van der Waals surface area contributed by atoms with Gasteiger partial charge in [-0.3, -0.25) is 0 Å². The van der Waals surface area contributed by atoms with Crippen molar-refractivity contribution in [3.63, 3.8) is 0 Å². The first kappa shape index (κ1) is 14.0. The zero-order valence-electron chi connectivity index (χ0n) is 10.4. The normalized spacial score (nSPS) is 12.2. The Bertz CT molecular complexity index is 348. The van der Waals surface area contributed by atoms with E-state index in [1.807, 2.05) is 6.92 Å². The van der Waals surface area contributed by atoms with E-state index in [9.17, 15) is 4.79 Å². The van der Waals surface area contributed by atoms with Crippen LogP contribution in [0.15, 0.2) is 12.1 Å². The van der Waals surface area contributed by atoms with E-state index in [-0.39, 0.29) is 12.1 Å². The lowest BCUT2D eigenvalue weighted by Crippen LogP contribution is -2.12. The summed E-state index contributed by atoms with van der Waals surface area (Å²) in [5.74, 6) is -0.333. The molecule has 0 saturated heterocycles. The number of hydrogen-bond donors (Lipinski definition) is 0. The maximum atomic E-state index is 11.2. The first-order chi connectivity index (χ1) is 8.17. The van der Waals surface area contributed by atoms with Crippen molar-refractivity contribution >= 4 is 17.3 Å². The lowest BCUT2D eigenvalue weighted by Gasteiger charge is -2.10. The van der Waals surface area contributed by atoms with Gasteiger partial charge >= 0.3 is 5.97 Å². The van der Waals surface area contributed by atoms with Gasteiger partial charge in [-0.1, -0.05) is 18.3 Å². The zero-order chi connectivity index (χ0) is 12.7. The fourth-order valence-electron chi connectivity index (χ4n) is 1.12. The van der Waals surface area contributed by atoms with E-state index in [0.717, 1.165) is 6.42 Å². The molecule has 0 aliphatic carbocycles. The Balaban J connectivity index is 2.28. The molecule has 1 unspecified atom stereocenters. The largest absolute Gasteiger partial charge is 0.482 e. The number of hydrogen-bond acceptors (Lipinski definition) is 5. The van der Waals surface area contributed by atoms with Crippen LogP contribution in [0, 0.1) is 0 Å². The average molecular weight is 258 g/mol. The van der Waals surface area contributed by atoms with E-state index in [2.05, 4.69) is 11.7 Å². The second kappa shape index (κ2) is 7.29. The highest BCUT2D eigenvalue weighted by atomic mass is 32.1. The molecule has 0 aliphatic rings. The highest BCUT2D eigenvalue weighted by Crippen LogP contribution is 2.24. The van der Waals surface area contributed by atoms with Crippen molar-refractivity contribution in [1.82, 2.24) is 0 Å². The summed E-state index contributed by atoms with van der Waals surface area (Å²) in [5, 5.41) is 0.707. The summed E-state index contributed by atoms with van der Waals surface area (Å²) in [6, 6.07) is 3.46. The van der Waals surface area contributed by atoms with Crippen LogP contribution in [-0.4, -0.2) is 32.4 Å². The maximum Gasteiger partial charge on any atom is 0.348 e. The Kier molecular flexibility index (Phi) is 6.00. The fraction of sp³-hybridized carbons (Fsp3) is 0.583. The molecule has 0 fully saturated rings. The van der Waals surface area contributed by atoms with Gasteiger partial charge in [-0.25, -0.2) is 4.79 Å². The summed E-state index contributed by atoms with van der Waals surface area (Å²) in [4.78, 5) is 11.7. The predicted octanol–water partition coefficient (Wildman–Crippen LogP) is 2.73. The van der Waals surface area contributed by atoms with Crippen LogP contribution in [0.3, 0.4) is 0 Å². The van der Waals surface area contributed by atoms with Crippen molar-refractivity contribution in [2.24, 2.45) is 0 Å². The van der Waals surface area contributed by atoms with Crippen LogP contribution >= 0.6 is 11.3 Å². The molecule has 0 bridgehead atoms. The van der Waals surface area contributed by atoms with E-state index in [1.165, 1.54) is 18.4 Å². The monoisotopic (exact) mass is 258 g/mol. The number of carbonyl (C=O) groups excluding carboxylic acids is 1. The van der Waals surface area contributed by atoms with Gasteiger partial charge in [0.15, 0.2) is 5.06 Å². The van der Waals surface area contributed by atoms with Crippen LogP contribution in [0.4, 0.5) is 0 Å². The van der Waals surface area contributed by atoms with Crippen LogP contribution in [0.25, 0.3) is 0 Å². The molecule has 0 N–H and O–H groups in total. The number of ether oxygens (including phenoxy) is 3. The first-order valence-electron chi connectivity index (χ1n) is 5.60. The van der Waals surface area contributed by atoms with Crippen molar-refractivity contribution in [3.8, 4) is 5.06 Å². The van der Waals surface area contributed by atoms with Gasteiger partial charge in [-0.2, -0.15) is 0 Å². The lowest BCUT2D eigenvalue weighted by atomic mass is 10.3. The molecule has 1 aromatic heterocycles. The zero-order valence-corrected chi connectivity index (χ0v) is 11.2. The molecular formula is C12H18O4S. The quantitative estimate of drug-likeness (QED) is 0.557. The van der Waals surface area contributed by atoms with Crippen LogP contribution in [0.1, 0.15) is 29.9 Å². The van der Waals surface area contributed by atoms with Gasteiger partial charge in [0.1, 0.15) is 11.5 Å². The van der Waals surface area contributed by atoms with Gasteiger partial charge in [-0.15, -0.1) is 0 Å². The van der Waals surface area contributed by atoms with Gasteiger partial charge < -0.3 is 14.2 Å². The van der Waals surface area contributed by atoms with Crippen molar-refractivity contribution in [3.05, 3.63) is 17.0 Å². The minimum absolute atomic E-state index is 0.257. The number of esters is 1. The van der Waals surface area contributed by atoms with E-state index >= 15 is 0 Å². The minimum atomic E-state index is -0.333. The number of thiophene rings is 1. The highest BCUT2D eigenvalue weighted by Gasteiger charge is 2.09. The molecule has 4 nitrogen and oxygen atoms in total. The first-order valence-corrected chi connectivity index (χ1v) is 6.41. The summed E-state index contributed by atoms with van der Waals surface area (Å²) in [7, 11) is 1.36. The molecule has 96 valence electrons. The molecule has 17 heavy (non-hydrogen) atoms. The molecule has 1 atom stereocenters. The molecule has 0 saturated carbocycles. The van der Waals surface area contributed by atoms with Crippen molar-refractivity contribution in [1.29, 1.82) is 0 Å². The predicted molar refractivity (Wildman–Crippen MR) is 66.9 cm³/mol. The third-order valence-electron chi connectivity index (χ3n) is 2.27. The van der Waals surface area contributed by atoms with Gasteiger partial charge in [0.05, 0.1) is 19.8 Å². The molecule has 1 heterocycles. The molecule has 0 amide bonds. The number of methoxy groups -OCH3 is 1. The third kappa shape index (κ3) is 4.75. The maximum absolute atomic E-state index is 11.2. The molecule has 0 spiro atoms. The van der Waals surface area contributed by atoms with Crippen molar-refractivity contribution < 1.29 is 19.0 Å². The SMILES string of the molecule is CCC(C)OCCOc1ccc(C(=O)OC)s1. The molecular weight excluding hydrogens is 240 g/mol. The van der Waals surface area contributed by atoms with Gasteiger partial charge in [-0.05, 0) is 25.5 Å². The number of rotatable bonds is 7. The molecule has 0 aromatic carbocycles. The van der Waals surface area contributed by atoms with Crippen LogP contribution < -0.4 is 4.74 Å². The van der Waals surface area contributed by atoms with Gasteiger partial charge in [0.2, 0.25) is 0 Å². The fourth-order valence-corrected chi connectivity index (χ4v) is 1.92. The second-order valence-electron chi connectivity index (χ2n) is 3.55. The van der Waals surface area contributed by atoms with Crippen molar-refractivity contribution in [2.75, 3.05) is 20.3 Å². The summed E-state index contributed by atoms with van der Waals surface area (Å²) in [6.45, 7) is 5.15. The summed E-state index contributed by atoms with van der Waals surface area (Å²) < 4.78 is 15.6.